The summed E-state index contributed by atoms with van der Waals surface area (Å²) in [5.74, 6) is 0. The highest BCUT2D eigenvalue weighted by molar-refractivity contribution is 9.10. The smallest absolute Gasteiger partial charge is 0.0410 e. The van der Waals surface area contributed by atoms with E-state index in [1.807, 2.05) is 12.4 Å². The van der Waals surface area contributed by atoms with Crippen molar-refractivity contribution in [2.24, 2.45) is 0 Å². The van der Waals surface area contributed by atoms with Crippen molar-refractivity contribution in [2.75, 3.05) is 20.1 Å². The number of likely N-dealkylation sites (N-methyl/N-ethyl adjacent to an activating group) is 1. The van der Waals surface area contributed by atoms with Crippen LogP contribution in [0.5, 0.6) is 0 Å². The maximum Gasteiger partial charge on any atom is 0.0410 e. The summed E-state index contributed by atoms with van der Waals surface area (Å²) in [6, 6.07) is 3.40. The Balaban J connectivity index is 2.00. The summed E-state index contributed by atoms with van der Waals surface area (Å²) in [6.07, 6.45) is 3.79. The molecule has 1 saturated heterocycles. The van der Waals surface area contributed by atoms with Crippen LogP contribution in [0.4, 0.5) is 0 Å². The Morgan fingerprint density at radius 1 is 1.29 bits per heavy atom. The molecule has 0 spiro atoms. The molecule has 4 heteroatoms. The van der Waals surface area contributed by atoms with Crippen LogP contribution < -0.4 is 0 Å². The lowest BCUT2D eigenvalue weighted by atomic mass is 10.1. The first-order valence-electron chi connectivity index (χ1n) is 6.10. The molecular weight excluding hydrogens is 278 g/mol. The molecule has 1 aliphatic heterocycles. The zero-order chi connectivity index (χ0) is 12.4. The predicted octanol–water partition coefficient (Wildman–Crippen LogP) is 2.37. The molecule has 2 heterocycles. The molecule has 0 radical (unpaired) electrons. The summed E-state index contributed by atoms with van der Waals surface area (Å²) in [5, 5.41) is 0. The molecule has 3 nitrogen and oxygen atoms in total. The number of piperazine rings is 1. The Labute approximate surface area is 112 Å². The van der Waals surface area contributed by atoms with Gasteiger partial charge in [0.25, 0.3) is 0 Å². The normalized spacial score (nSPS) is 27.3. The van der Waals surface area contributed by atoms with E-state index in [1.165, 1.54) is 5.56 Å². The molecule has 0 aliphatic carbocycles. The molecule has 2 unspecified atom stereocenters. The molecule has 1 aromatic heterocycles. The van der Waals surface area contributed by atoms with Crippen molar-refractivity contribution in [3.63, 3.8) is 0 Å². The third kappa shape index (κ3) is 3.27. The largest absolute Gasteiger partial charge is 0.298 e. The van der Waals surface area contributed by atoms with Gasteiger partial charge in [-0.05, 0) is 48.5 Å². The summed E-state index contributed by atoms with van der Waals surface area (Å²) in [5.41, 5.74) is 1.28. The van der Waals surface area contributed by atoms with Crippen LogP contribution >= 0.6 is 15.9 Å². The number of pyridine rings is 1. The third-order valence-corrected chi connectivity index (χ3v) is 4.04. The van der Waals surface area contributed by atoms with Crippen LogP contribution in [-0.2, 0) is 6.54 Å². The molecule has 2 rings (SSSR count). The van der Waals surface area contributed by atoms with E-state index in [1.54, 1.807) is 0 Å². The van der Waals surface area contributed by atoms with Gasteiger partial charge < -0.3 is 0 Å². The highest BCUT2D eigenvalue weighted by Crippen LogP contribution is 2.17. The van der Waals surface area contributed by atoms with Crippen molar-refractivity contribution in [3.05, 3.63) is 28.5 Å². The average Bonchev–Trinajstić information content (AvgIpc) is 2.26. The molecule has 0 aromatic carbocycles. The maximum atomic E-state index is 4.22. The quantitative estimate of drug-likeness (QED) is 0.835. The number of hydrogen-bond donors (Lipinski definition) is 0. The van der Waals surface area contributed by atoms with Gasteiger partial charge in [0.2, 0.25) is 0 Å². The van der Waals surface area contributed by atoms with Crippen molar-refractivity contribution in [1.29, 1.82) is 0 Å². The zero-order valence-electron chi connectivity index (χ0n) is 10.7. The van der Waals surface area contributed by atoms with Gasteiger partial charge in [-0.3, -0.25) is 14.8 Å². The van der Waals surface area contributed by atoms with E-state index in [-0.39, 0.29) is 0 Å². The standard InChI is InChI=1S/C13H20BrN3/c1-10-7-17(8-11(2)16(10)3)9-12-4-13(14)6-15-5-12/h4-6,10-11H,7-9H2,1-3H3. The van der Waals surface area contributed by atoms with Crippen LogP contribution in [0.3, 0.4) is 0 Å². The highest BCUT2D eigenvalue weighted by Gasteiger charge is 2.26. The van der Waals surface area contributed by atoms with E-state index in [2.05, 4.69) is 57.7 Å². The number of rotatable bonds is 2. The van der Waals surface area contributed by atoms with Gasteiger partial charge in [-0.15, -0.1) is 0 Å². The van der Waals surface area contributed by atoms with Crippen molar-refractivity contribution in [2.45, 2.75) is 32.5 Å². The fourth-order valence-corrected chi connectivity index (χ4v) is 2.86. The molecule has 0 bridgehead atoms. The van der Waals surface area contributed by atoms with E-state index in [9.17, 15) is 0 Å². The third-order valence-electron chi connectivity index (χ3n) is 3.60. The van der Waals surface area contributed by atoms with Gasteiger partial charge in [0, 0.05) is 48.6 Å². The fourth-order valence-electron chi connectivity index (χ4n) is 2.44. The lowest BCUT2D eigenvalue weighted by Gasteiger charge is -2.42. The molecule has 0 saturated carbocycles. The van der Waals surface area contributed by atoms with Gasteiger partial charge in [0.05, 0.1) is 0 Å². The van der Waals surface area contributed by atoms with Crippen molar-refractivity contribution in [1.82, 2.24) is 14.8 Å². The molecule has 0 N–H and O–H groups in total. The van der Waals surface area contributed by atoms with Gasteiger partial charge in [-0.25, -0.2) is 0 Å². The Morgan fingerprint density at radius 3 is 2.53 bits per heavy atom. The molecule has 0 amide bonds. The monoisotopic (exact) mass is 297 g/mol. The molecule has 1 fully saturated rings. The first-order chi connectivity index (χ1) is 8.06. The minimum absolute atomic E-state index is 0.624. The molecule has 17 heavy (non-hydrogen) atoms. The van der Waals surface area contributed by atoms with E-state index < -0.39 is 0 Å². The predicted molar refractivity (Wildman–Crippen MR) is 73.9 cm³/mol. The van der Waals surface area contributed by atoms with E-state index in [0.29, 0.717) is 12.1 Å². The number of halogens is 1. The summed E-state index contributed by atoms with van der Waals surface area (Å²) in [4.78, 5) is 9.19. The summed E-state index contributed by atoms with van der Waals surface area (Å²) in [7, 11) is 2.22. The second-order valence-electron chi connectivity index (χ2n) is 5.07. The van der Waals surface area contributed by atoms with Crippen LogP contribution in [0.15, 0.2) is 22.9 Å². The van der Waals surface area contributed by atoms with Gasteiger partial charge in [0.1, 0.15) is 0 Å². The van der Waals surface area contributed by atoms with Crippen LogP contribution in [0.25, 0.3) is 0 Å². The lowest BCUT2D eigenvalue weighted by Crippen LogP contribution is -2.54. The SMILES string of the molecule is CC1CN(Cc2cncc(Br)c2)CC(C)N1C. The summed E-state index contributed by atoms with van der Waals surface area (Å²) >= 11 is 3.47. The van der Waals surface area contributed by atoms with Crippen LogP contribution in [0.2, 0.25) is 0 Å². The van der Waals surface area contributed by atoms with Gasteiger partial charge in [0.15, 0.2) is 0 Å². The minimum Gasteiger partial charge on any atom is -0.298 e. The first kappa shape index (κ1) is 13.0. The Hall–Kier alpha value is -0.450. The zero-order valence-corrected chi connectivity index (χ0v) is 12.3. The molecular formula is C13H20BrN3. The molecule has 94 valence electrons. The second kappa shape index (κ2) is 5.46. The second-order valence-corrected chi connectivity index (χ2v) is 5.98. The first-order valence-corrected chi connectivity index (χ1v) is 6.89. The summed E-state index contributed by atoms with van der Waals surface area (Å²) in [6.45, 7) is 7.85. The average molecular weight is 298 g/mol. The molecule has 1 aromatic rings. The molecule has 1 aliphatic rings. The van der Waals surface area contributed by atoms with Gasteiger partial charge in [-0.2, -0.15) is 0 Å². The van der Waals surface area contributed by atoms with Crippen LogP contribution in [0.1, 0.15) is 19.4 Å². The van der Waals surface area contributed by atoms with Crippen molar-refractivity contribution >= 4 is 15.9 Å². The van der Waals surface area contributed by atoms with Crippen molar-refractivity contribution < 1.29 is 0 Å². The topological polar surface area (TPSA) is 19.4 Å². The number of hydrogen-bond acceptors (Lipinski definition) is 3. The Morgan fingerprint density at radius 2 is 1.94 bits per heavy atom. The van der Waals surface area contributed by atoms with Crippen LogP contribution in [-0.4, -0.2) is 47.0 Å². The van der Waals surface area contributed by atoms with E-state index in [4.69, 9.17) is 0 Å². The Bertz CT molecular complexity index is 371. The van der Waals surface area contributed by atoms with Crippen molar-refractivity contribution in [3.8, 4) is 0 Å². The lowest BCUT2D eigenvalue weighted by molar-refractivity contribution is 0.0555. The number of nitrogens with zero attached hydrogens (tertiary/aromatic N) is 3. The minimum atomic E-state index is 0.624. The summed E-state index contributed by atoms with van der Waals surface area (Å²) < 4.78 is 1.06. The highest BCUT2D eigenvalue weighted by atomic mass is 79.9. The number of aromatic nitrogens is 1. The fraction of sp³-hybridized carbons (Fsp3) is 0.615. The van der Waals surface area contributed by atoms with Gasteiger partial charge >= 0.3 is 0 Å². The van der Waals surface area contributed by atoms with E-state index >= 15 is 0 Å². The van der Waals surface area contributed by atoms with E-state index in [0.717, 1.165) is 24.1 Å². The Kier molecular flexibility index (Phi) is 4.17. The van der Waals surface area contributed by atoms with Gasteiger partial charge in [-0.1, -0.05) is 0 Å². The van der Waals surface area contributed by atoms with Crippen LogP contribution in [0, 0.1) is 0 Å². The maximum absolute atomic E-state index is 4.22. The molecule has 2 atom stereocenters.